The number of piperazine rings is 1. The number of aryl methyl sites for hydroxylation is 1. The van der Waals surface area contributed by atoms with Crippen molar-refractivity contribution in [2.24, 2.45) is 0 Å². The zero-order chi connectivity index (χ0) is 22.0. The van der Waals surface area contributed by atoms with Crippen molar-refractivity contribution < 1.29 is 9.59 Å². The number of aromatic nitrogens is 2. The Balaban J connectivity index is 0.00000289. The molecular formula is C24H25ClN5O2+. The lowest BCUT2D eigenvalue weighted by atomic mass is 10.0. The van der Waals surface area contributed by atoms with Gasteiger partial charge in [-0.25, -0.2) is 14.3 Å². The zero-order valence-electron chi connectivity index (χ0n) is 18.0. The summed E-state index contributed by atoms with van der Waals surface area (Å²) >= 11 is 0. The average Bonchev–Trinajstić information content (AvgIpc) is 3.29. The molecule has 7 nitrogen and oxygen atoms in total. The van der Waals surface area contributed by atoms with E-state index in [2.05, 4.69) is 16.0 Å². The Morgan fingerprint density at radius 1 is 1.16 bits per heavy atom. The summed E-state index contributed by atoms with van der Waals surface area (Å²) in [5, 5.41) is 9.09. The SMILES string of the molecule is Cc1cccc([N+]2(Cc3ccc(C#N)cc3)CCN(Cc3cnc[nH]3)C(=O)C2=O)c1C.Cl. The van der Waals surface area contributed by atoms with Gasteiger partial charge in [-0.1, -0.05) is 24.3 Å². The molecule has 2 aromatic carbocycles. The number of aromatic amines is 1. The second-order valence-electron chi connectivity index (χ2n) is 7.99. The molecule has 1 fully saturated rings. The van der Waals surface area contributed by atoms with Crippen molar-refractivity contribution in [3.05, 3.63) is 82.9 Å². The highest BCUT2D eigenvalue weighted by molar-refractivity contribution is 6.38. The summed E-state index contributed by atoms with van der Waals surface area (Å²) < 4.78 is -0.0578. The van der Waals surface area contributed by atoms with Gasteiger partial charge in [0.2, 0.25) is 0 Å². The summed E-state index contributed by atoms with van der Waals surface area (Å²) in [6, 6.07) is 15.2. The number of carbonyl (C=O) groups is 2. The van der Waals surface area contributed by atoms with Gasteiger partial charge in [0.15, 0.2) is 0 Å². The van der Waals surface area contributed by atoms with Crippen LogP contribution in [0.5, 0.6) is 0 Å². The molecule has 4 rings (SSSR count). The lowest BCUT2D eigenvalue weighted by molar-refractivity contribution is -0.156. The molecular weight excluding hydrogens is 426 g/mol. The fourth-order valence-corrected chi connectivity index (χ4v) is 4.20. The van der Waals surface area contributed by atoms with E-state index in [0.29, 0.717) is 31.7 Å². The van der Waals surface area contributed by atoms with E-state index >= 15 is 0 Å². The Bertz CT molecular complexity index is 1170. The number of halogens is 1. The molecule has 0 aliphatic carbocycles. The number of rotatable bonds is 5. The smallest absolute Gasteiger partial charge is 0.347 e. The molecule has 8 heteroatoms. The number of nitrogens with zero attached hydrogens (tertiary/aromatic N) is 4. The third-order valence-electron chi connectivity index (χ3n) is 6.10. The molecule has 1 N–H and O–H groups in total. The quantitative estimate of drug-likeness (QED) is 0.476. The molecule has 1 aliphatic rings. The molecule has 0 bridgehead atoms. The van der Waals surface area contributed by atoms with Crippen LogP contribution < -0.4 is 4.48 Å². The number of carbonyl (C=O) groups excluding carboxylic acids is 2. The summed E-state index contributed by atoms with van der Waals surface area (Å²) in [5.74, 6) is -0.931. The molecule has 1 unspecified atom stereocenters. The standard InChI is InChI=1S/C24H24N5O2.ClH/c1-17-4-3-5-22(18(17)2)29(15-20-8-6-19(12-25)7-9-20)11-10-28(23(30)24(29)31)14-21-13-26-16-27-21;/h3-9,13,16H,10-11,14-15H2,1-2H3,(H,26,27);1H/q+1;. The molecule has 32 heavy (non-hydrogen) atoms. The third-order valence-corrected chi connectivity index (χ3v) is 6.10. The van der Waals surface area contributed by atoms with Gasteiger partial charge in [-0.3, -0.25) is 4.79 Å². The normalized spacial score (nSPS) is 18.2. The number of amides is 2. The predicted molar refractivity (Wildman–Crippen MR) is 124 cm³/mol. The topological polar surface area (TPSA) is 89.8 Å². The number of nitriles is 1. The average molecular weight is 451 g/mol. The number of hydrogen-bond donors (Lipinski definition) is 1. The minimum Gasteiger partial charge on any atom is -0.347 e. The van der Waals surface area contributed by atoms with E-state index in [-0.39, 0.29) is 16.9 Å². The third kappa shape index (κ3) is 4.15. The molecule has 2 heterocycles. The van der Waals surface area contributed by atoms with Gasteiger partial charge < -0.3 is 9.88 Å². The highest BCUT2D eigenvalue weighted by Gasteiger charge is 2.50. The zero-order valence-corrected chi connectivity index (χ0v) is 18.9. The van der Waals surface area contributed by atoms with Gasteiger partial charge in [-0.05, 0) is 37.6 Å². The number of quaternary nitrogens is 1. The van der Waals surface area contributed by atoms with Crippen LogP contribution in [0.2, 0.25) is 0 Å². The molecule has 0 spiro atoms. The highest BCUT2D eigenvalue weighted by atomic mass is 35.5. The van der Waals surface area contributed by atoms with Crippen molar-refractivity contribution >= 4 is 29.9 Å². The first-order valence-corrected chi connectivity index (χ1v) is 10.2. The van der Waals surface area contributed by atoms with Crippen molar-refractivity contribution in [3.63, 3.8) is 0 Å². The van der Waals surface area contributed by atoms with Crippen LogP contribution in [-0.2, 0) is 22.7 Å². The van der Waals surface area contributed by atoms with E-state index in [9.17, 15) is 9.59 Å². The number of H-pyrrole nitrogens is 1. The Morgan fingerprint density at radius 2 is 1.91 bits per heavy atom. The van der Waals surface area contributed by atoms with Crippen LogP contribution >= 0.6 is 12.4 Å². The summed E-state index contributed by atoms with van der Waals surface area (Å²) in [6.45, 7) is 5.62. The number of imidazole rings is 1. The molecule has 0 saturated carbocycles. The van der Waals surface area contributed by atoms with Gasteiger partial charge in [-0.15, -0.1) is 12.4 Å². The van der Waals surface area contributed by atoms with Crippen molar-refractivity contribution in [1.29, 1.82) is 5.26 Å². The Hall–Kier alpha value is -3.47. The molecule has 1 aliphatic heterocycles. The molecule has 1 aromatic heterocycles. The van der Waals surface area contributed by atoms with E-state index in [0.717, 1.165) is 28.1 Å². The van der Waals surface area contributed by atoms with Crippen LogP contribution in [0, 0.1) is 25.2 Å². The molecule has 1 atom stereocenters. The van der Waals surface area contributed by atoms with Crippen LogP contribution in [-0.4, -0.2) is 39.8 Å². The highest BCUT2D eigenvalue weighted by Crippen LogP contribution is 2.34. The second kappa shape index (κ2) is 9.35. The van der Waals surface area contributed by atoms with Gasteiger partial charge in [0, 0.05) is 17.3 Å². The molecule has 3 aromatic rings. The number of hydrogen-bond acceptors (Lipinski definition) is 4. The summed E-state index contributed by atoms with van der Waals surface area (Å²) in [7, 11) is 0. The van der Waals surface area contributed by atoms with Crippen LogP contribution in [0.4, 0.5) is 5.69 Å². The molecule has 0 radical (unpaired) electrons. The number of benzene rings is 2. The van der Waals surface area contributed by atoms with Gasteiger partial charge in [-0.2, -0.15) is 5.26 Å². The first-order valence-electron chi connectivity index (χ1n) is 10.2. The maximum atomic E-state index is 13.7. The molecule has 1 saturated heterocycles. The van der Waals surface area contributed by atoms with E-state index in [1.165, 1.54) is 0 Å². The maximum absolute atomic E-state index is 13.7. The fourth-order valence-electron chi connectivity index (χ4n) is 4.20. The summed E-state index contributed by atoms with van der Waals surface area (Å²) in [5.41, 5.74) is 5.20. The van der Waals surface area contributed by atoms with Crippen molar-refractivity contribution in [1.82, 2.24) is 19.4 Å². The Labute approximate surface area is 193 Å². The van der Waals surface area contributed by atoms with Gasteiger partial charge >= 0.3 is 11.8 Å². The van der Waals surface area contributed by atoms with Gasteiger partial charge in [0.1, 0.15) is 18.8 Å². The van der Waals surface area contributed by atoms with Crippen LogP contribution in [0.25, 0.3) is 0 Å². The van der Waals surface area contributed by atoms with E-state index in [4.69, 9.17) is 5.26 Å². The van der Waals surface area contributed by atoms with Gasteiger partial charge in [0.05, 0.1) is 36.7 Å². The first-order chi connectivity index (χ1) is 14.9. The van der Waals surface area contributed by atoms with E-state index in [1.54, 1.807) is 29.6 Å². The van der Waals surface area contributed by atoms with Crippen LogP contribution in [0.1, 0.15) is 27.9 Å². The number of nitrogens with one attached hydrogen (secondary N) is 1. The lowest BCUT2D eigenvalue weighted by Crippen LogP contribution is -2.66. The van der Waals surface area contributed by atoms with Crippen molar-refractivity contribution in [2.75, 3.05) is 13.1 Å². The van der Waals surface area contributed by atoms with Crippen LogP contribution in [0.3, 0.4) is 0 Å². The Morgan fingerprint density at radius 3 is 2.56 bits per heavy atom. The molecule has 164 valence electrons. The first kappa shape index (κ1) is 23.2. The van der Waals surface area contributed by atoms with E-state index < -0.39 is 11.8 Å². The minimum atomic E-state index is -0.490. The minimum absolute atomic E-state index is 0. The summed E-state index contributed by atoms with van der Waals surface area (Å²) in [6.07, 6.45) is 3.23. The van der Waals surface area contributed by atoms with Crippen LogP contribution in [0.15, 0.2) is 55.0 Å². The largest absolute Gasteiger partial charge is 0.409 e. The van der Waals surface area contributed by atoms with Crippen molar-refractivity contribution in [2.45, 2.75) is 26.9 Å². The Kier molecular flexibility index (Phi) is 6.78. The lowest BCUT2D eigenvalue weighted by Gasteiger charge is -2.41. The fraction of sp³-hybridized carbons (Fsp3) is 0.250. The molecule has 2 amide bonds. The van der Waals surface area contributed by atoms with Crippen molar-refractivity contribution in [3.8, 4) is 6.07 Å². The van der Waals surface area contributed by atoms with Gasteiger partial charge in [0.25, 0.3) is 0 Å². The summed E-state index contributed by atoms with van der Waals surface area (Å²) in [4.78, 5) is 35.5. The maximum Gasteiger partial charge on any atom is 0.409 e. The second-order valence-corrected chi connectivity index (χ2v) is 7.99. The van der Waals surface area contributed by atoms with E-state index in [1.807, 2.05) is 44.2 Å². The monoisotopic (exact) mass is 450 g/mol. The predicted octanol–water partition coefficient (Wildman–Crippen LogP) is 3.40.